The molecule has 0 saturated carbocycles. The van der Waals surface area contributed by atoms with Gasteiger partial charge in [-0.2, -0.15) is 13.2 Å². The Labute approximate surface area is 134 Å². The molecule has 0 aliphatic carbocycles. The number of piperidine rings is 1. The van der Waals surface area contributed by atoms with Crippen LogP contribution in [0.5, 0.6) is 0 Å². The molecule has 2 aliphatic rings. The Hall–Kier alpha value is -2.49. The van der Waals surface area contributed by atoms with E-state index in [0.29, 0.717) is 19.2 Å². The molecule has 1 aromatic rings. The Balaban J connectivity index is 1.72. The number of alkyl halides is 3. The van der Waals surface area contributed by atoms with E-state index in [2.05, 4.69) is 20.9 Å². The van der Waals surface area contributed by atoms with Crippen LogP contribution >= 0.6 is 0 Å². The summed E-state index contributed by atoms with van der Waals surface area (Å²) in [5.74, 6) is -4.09. The number of nitrogens with zero attached hydrogens (tertiary/aromatic N) is 1. The van der Waals surface area contributed by atoms with E-state index in [1.165, 1.54) is 0 Å². The third-order valence-corrected chi connectivity index (χ3v) is 4.04. The summed E-state index contributed by atoms with van der Waals surface area (Å²) in [5, 5.41) is 7.83. The lowest BCUT2D eigenvalue weighted by molar-refractivity contribution is -0.145. The van der Waals surface area contributed by atoms with E-state index in [1.54, 1.807) is 0 Å². The number of pyridine rings is 1. The fraction of sp³-hybridized carbons (Fsp3) is 0.429. The van der Waals surface area contributed by atoms with Gasteiger partial charge in [0.25, 0.3) is 0 Å². The standard InChI is InChI=1S/C14H13F3N4O3/c15-14(16,17)9-2-1-6(3-19-9)20-12(23)10-11(22)7-4-18-5-8(7)21-13(10)24/h1-3,7-8,10,18H,4-5H2,(H,20,23)(H,21,24)/t7-,8-,10?/m1/s1. The Morgan fingerprint density at radius 2 is 2.00 bits per heavy atom. The number of hydrogen-bond acceptors (Lipinski definition) is 5. The van der Waals surface area contributed by atoms with Crippen molar-refractivity contribution in [1.82, 2.24) is 15.6 Å². The molecule has 7 nitrogen and oxygen atoms in total. The number of rotatable bonds is 2. The van der Waals surface area contributed by atoms with Crippen LogP contribution in [0.15, 0.2) is 18.3 Å². The van der Waals surface area contributed by atoms with Crippen LogP contribution in [-0.4, -0.2) is 41.7 Å². The van der Waals surface area contributed by atoms with Gasteiger partial charge in [-0.05, 0) is 12.1 Å². The zero-order chi connectivity index (χ0) is 17.5. The van der Waals surface area contributed by atoms with Gasteiger partial charge in [-0.1, -0.05) is 0 Å². The van der Waals surface area contributed by atoms with Crippen LogP contribution in [0.2, 0.25) is 0 Å². The molecule has 0 spiro atoms. The van der Waals surface area contributed by atoms with Gasteiger partial charge in [0.1, 0.15) is 5.69 Å². The van der Waals surface area contributed by atoms with Crippen molar-refractivity contribution >= 4 is 23.3 Å². The van der Waals surface area contributed by atoms with Gasteiger partial charge in [0, 0.05) is 13.1 Å². The highest BCUT2D eigenvalue weighted by atomic mass is 19.4. The quantitative estimate of drug-likeness (QED) is 0.654. The topological polar surface area (TPSA) is 100 Å². The van der Waals surface area contributed by atoms with Gasteiger partial charge in [0.15, 0.2) is 11.7 Å². The molecule has 0 bridgehead atoms. The minimum atomic E-state index is -4.59. The molecule has 128 valence electrons. The molecule has 1 unspecified atom stereocenters. The molecule has 3 heterocycles. The second kappa shape index (κ2) is 5.86. The van der Waals surface area contributed by atoms with Gasteiger partial charge in [0.05, 0.1) is 23.8 Å². The smallest absolute Gasteiger partial charge is 0.350 e. The number of aromatic nitrogens is 1. The Bertz CT molecular complexity index is 690. The molecule has 2 aliphatic heterocycles. The third-order valence-electron chi connectivity index (χ3n) is 4.04. The van der Waals surface area contributed by atoms with Crippen LogP contribution in [0, 0.1) is 11.8 Å². The molecular formula is C14H13F3N4O3. The van der Waals surface area contributed by atoms with Gasteiger partial charge in [-0.15, -0.1) is 0 Å². The normalized spacial score (nSPS) is 26.7. The fourth-order valence-corrected chi connectivity index (χ4v) is 2.84. The summed E-state index contributed by atoms with van der Waals surface area (Å²) in [6, 6.07) is 1.38. The predicted molar refractivity (Wildman–Crippen MR) is 74.7 cm³/mol. The van der Waals surface area contributed by atoms with Crippen LogP contribution < -0.4 is 16.0 Å². The van der Waals surface area contributed by atoms with Crippen molar-refractivity contribution in [3.63, 3.8) is 0 Å². The predicted octanol–water partition coefficient (Wildman–Crippen LogP) is -0.0580. The molecule has 3 atom stereocenters. The number of halogens is 3. The maximum atomic E-state index is 12.4. The third kappa shape index (κ3) is 2.96. The van der Waals surface area contributed by atoms with E-state index in [1.807, 2.05) is 0 Å². The summed E-state index contributed by atoms with van der Waals surface area (Å²) in [4.78, 5) is 39.7. The van der Waals surface area contributed by atoms with Gasteiger partial charge in [-0.3, -0.25) is 14.4 Å². The second-order valence-corrected chi connectivity index (χ2v) is 5.63. The number of carbonyl (C=O) groups is 3. The number of Topliss-reactive ketones (excluding diaryl/α,β-unsaturated/α-hetero) is 1. The van der Waals surface area contributed by atoms with Crippen LogP contribution in [-0.2, 0) is 20.6 Å². The van der Waals surface area contributed by atoms with Crippen LogP contribution in [0.4, 0.5) is 18.9 Å². The van der Waals surface area contributed by atoms with Crippen molar-refractivity contribution in [1.29, 1.82) is 0 Å². The Kier molecular flexibility index (Phi) is 3.99. The minimum absolute atomic E-state index is 0.0275. The highest BCUT2D eigenvalue weighted by Gasteiger charge is 2.48. The molecule has 3 N–H and O–H groups in total. The summed E-state index contributed by atoms with van der Waals surface area (Å²) in [6.45, 7) is 0.828. The monoisotopic (exact) mass is 342 g/mol. The van der Waals surface area contributed by atoms with E-state index in [-0.39, 0.29) is 11.7 Å². The van der Waals surface area contributed by atoms with Crippen molar-refractivity contribution < 1.29 is 27.6 Å². The highest BCUT2D eigenvalue weighted by Crippen LogP contribution is 2.28. The van der Waals surface area contributed by atoms with E-state index in [9.17, 15) is 27.6 Å². The summed E-state index contributed by atoms with van der Waals surface area (Å²) in [5.41, 5.74) is -1.13. The number of fused-ring (bicyclic) bond motifs is 1. The van der Waals surface area contributed by atoms with Crippen molar-refractivity contribution in [3.05, 3.63) is 24.0 Å². The summed E-state index contributed by atoms with van der Waals surface area (Å²) < 4.78 is 37.3. The molecule has 3 rings (SSSR count). The van der Waals surface area contributed by atoms with Crippen molar-refractivity contribution in [2.24, 2.45) is 11.8 Å². The summed E-state index contributed by atoms with van der Waals surface area (Å²) in [6.07, 6.45) is -3.77. The molecule has 24 heavy (non-hydrogen) atoms. The number of nitrogens with one attached hydrogen (secondary N) is 3. The number of anilines is 1. The van der Waals surface area contributed by atoms with E-state index >= 15 is 0 Å². The maximum absolute atomic E-state index is 12.4. The average molecular weight is 342 g/mol. The van der Waals surface area contributed by atoms with Crippen LogP contribution in [0.25, 0.3) is 0 Å². The van der Waals surface area contributed by atoms with E-state index in [0.717, 1.165) is 12.3 Å². The first-order valence-electron chi connectivity index (χ1n) is 7.16. The highest BCUT2D eigenvalue weighted by molar-refractivity contribution is 6.23. The number of ketones is 1. The molecule has 0 radical (unpaired) electrons. The van der Waals surface area contributed by atoms with E-state index < -0.39 is 41.3 Å². The first-order valence-corrected chi connectivity index (χ1v) is 7.16. The number of hydrogen-bond donors (Lipinski definition) is 3. The van der Waals surface area contributed by atoms with Gasteiger partial charge in [-0.25, -0.2) is 4.98 Å². The molecule has 2 fully saturated rings. The fourth-order valence-electron chi connectivity index (χ4n) is 2.84. The minimum Gasteiger partial charge on any atom is -0.350 e. The molecule has 2 saturated heterocycles. The lowest BCUT2D eigenvalue weighted by Crippen LogP contribution is -2.57. The van der Waals surface area contributed by atoms with Crippen molar-refractivity contribution in [3.8, 4) is 0 Å². The molecule has 1 aromatic heterocycles. The molecule has 10 heteroatoms. The zero-order valence-corrected chi connectivity index (χ0v) is 12.2. The van der Waals surface area contributed by atoms with Gasteiger partial charge < -0.3 is 16.0 Å². The first-order chi connectivity index (χ1) is 11.3. The van der Waals surface area contributed by atoms with Crippen molar-refractivity contribution in [2.45, 2.75) is 12.2 Å². The van der Waals surface area contributed by atoms with Gasteiger partial charge in [0.2, 0.25) is 11.8 Å². The van der Waals surface area contributed by atoms with E-state index in [4.69, 9.17) is 0 Å². The summed E-state index contributed by atoms with van der Waals surface area (Å²) >= 11 is 0. The first kappa shape index (κ1) is 16.4. The average Bonchev–Trinajstić information content (AvgIpc) is 2.95. The molecule has 0 aromatic carbocycles. The summed E-state index contributed by atoms with van der Waals surface area (Å²) in [7, 11) is 0. The Morgan fingerprint density at radius 1 is 1.25 bits per heavy atom. The van der Waals surface area contributed by atoms with Crippen LogP contribution in [0.1, 0.15) is 5.69 Å². The SMILES string of the molecule is O=C(Nc1ccc(C(F)(F)F)nc1)C1C(=O)N[C@@H]2CNC[C@H]2C1=O. The van der Waals surface area contributed by atoms with Crippen LogP contribution in [0.3, 0.4) is 0 Å². The zero-order valence-electron chi connectivity index (χ0n) is 12.2. The lowest BCUT2D eigenvalue weighted by atomic mass is 9.84. The lowest BCUT2D eigenvalue weighted by Gasteiger charge is -2.29. The Morgan fingerprint density at radius 3 is 2.62 bits per heavy atom. The second-order valence-electron chi connectivity index (χ2n) is 5.63. The molecular weight excluding hydrogens is 329 g/mol. The van der Waals surface area contributed by atoms with Gasteiger partial charge >= 0.3 is 6.18 Å². The largest absolute Gasteiger partial charge is 0.433 e. The molecule has 2 amide bonds. The number of amides is 2. The number of carbonyl (C=O) groups excluding carboxylic acids is 3. The maximum Gasteiger partial charge on any atom is 0.433 e. The van der Waals surface area contributed by atoms with Crippen molar-refractivity contribution in [2.75, 3.05) is 18.4 Å².